The number of carbonyl (C=O) groups is 2. The van der Waals surface area contributed by atoms with Gasteiger partial charge in [0.2, 0.25) is 0 Å². The molecule has 2 fully saturated rings. The summed E-state index contributed by atoms with van der Waals surface area (Å²) >= 11 is 0. The van der Waals surface area contributed by atoms with Crippen molar-refractivity contribution in [3.05, 3.63) is 88.5 Å². The zero-order chi connectivity index (χ0) is 27.2. The Balaban J connectivity index is 0.000000177. The molecule has 1 amide bonds. The van der Waals surface area contributed by atoms with Gasteiger partial charge in [-0.25, -0.2) is 0 Å². The Hall–Kier alpha value is -3.86. The first-order valence-electron chi connectivity index (χ1n) is 14.0. The Morgan fingerprint density at radius 2 is 1.28 bits per heavy atom. The smallest absolute Gasteiger partial charge is 0.256 e. The molecule has 39 heavy (non-hydrogen) atoms. The highest BCUT2D eigenvalue weighted by Gasteiger charge is 2.25. The molecule has 6 rings (SSSR count). The number of rotatable bonds is 6. The van der Waals surface area contributed by atoms with Gasteiger partial charge in [0.25, 0.3) is 5.91 Å². The maximum Gasteiger partial charge on any atom is 0.256 e. The van der Waals surface area contributed by atoms with Crippen LogP contribution in [0.5, 0.6) is 11.5 Å². The molecule has 3 aromatic carbocycles. The fourth-order valence-electron chi connectivity index (χ4n) is 6.23. The van der Waals surface area contributed by atoms with Crippen LogP contribution in [0.4, 0.5) is 5.69 Å². The molecular weight excluding hydrogens is 486 g/mol. The number of hydrogen-bond acceptors (Lipinski definition) is 4. The van der Waals surface area contributed by atoms with E-state index < -0.39 is 0 Å². The summed E-state index contributed by atoms with van der Waals surface area (Å²) in [5.74, 6) is 3.00. The van der Waals surface area contributed by atoms with Gasteiger partial charge in [0.15, 0.2) is 0 Å². The van der Waals surface area contributed by atoms with E-state index in [2.05, 4.69) is 11.4 Å². The molecule has 0 atom stereocenters. The molecule has 1 N–H and O–H groups in total. The molecule has 0 radical (unpaired) electrons. The average Bonchev–Trinajstić information content (AvgIpc) is 3.76. The average molecular weight is 524 g/mol. The van der Waals surface area contributed by atoms with Crippen LogP contribution < -0.4 is 14.8 Å². The zero-order valence-electron chi connectivity index (χ0n) is 22.9. The maximum atomic E-state index is 12.3. The summed E-state index contributed by atoms with van der Waals surface area (Å²) in [4.78, 5) is 23.0. The molecule has 0 aromatic heterocycles. The number of fused-ring (bicyclic) bond motifs is 1. The number of methoxy groups -OCH3 is 2. The fraction of sp³-hybridized carbons (Fsp3) is 0.353. The predicted octanol–water partition coefficient (Wildman–Crippen LogP) is 8.01. The van der Waals surface area contributed by atoms with Crippen LogP contribution in [0.3, 0.4) is 0 Å². The van der Waals surface area contributed by atoms with Crippen molar-refractivity contribution in [1.29, 1.82) is 0 Å². The van der Waals surface area contributed by atoms with Gasteiger partial charge in [0.05, 0.1) is 14.2 Å². The number of aldehydes is 1. The largest absolute Gasteiger partial charge is 0.496 e. The van der Waals surface area contributed by atoms with Crippen LogP contribution in [0, 0.1) is 0 Å². The van der Waals surface area contributed by atoms with Crippen LogP contribution in [0.1, 0.15) is 95.8 Å². The van der Waals surface area contributed by atoms with Gasteiger partial charge in [-0.15, -0.1) is 0 Å². The van der Waals surface area contributed by atoms with Crippen molar-refractivity contribution in [2.45, 2.75) is 63.2 Å². The second kappa shape index (κ2) is 12.3. The van der Waals surface area contributed by atoms with Crippen molar-refractivity contribution in [2.75, 3.05) is 19.5 Å². The van der Waals surface area contributed by atoms with E-state index in [-0.39, 0.29) is 5.91 Å². The van der Waals surface area contributed by atoms with E-state index in [9.17, 15) is 9.59 Å². The van der Waals surface area contributed by atoms with E-state index in [0.717, 1.165) is 45.7 Å². The molecule has 1 aliphatic heterocycles. The van der Waals surface area contributed by atoms with Gasteiger partial charge in [0.1, 0.15) is 17.8 Å². The van der Waals surface area contributed by atoms with Gasteiger partial charge in [-0.05, 0) is 96.7 Å². The summed E-state index contributed by atoms with van der Waals surface area (Å²) in [5.41, 5.74) is 6.88. The number of benzene rings is 3. The molecule has 0 bridgehead atoms. The van der Waals surface area contributed by atoms with Gasteiger partial charge >= 0.3 is 0 Å². The molecule has 0 spiro atoms. The molecule has 202 valence electrons. The quantitative estimate of drug-likeness (QED) is 0.263. The molecule has 3 aliphatic rings. The number of nitrogens with one attached hydrogen (secondary N) is 1. The molecule has 5 nitrogen and oxygen atoms in total. The van der Waals surface area contributed by atoms with Gasteiger partial charge in [-0.3, -0.25) is 9.59 Å². The summed E-state index contributed by atoms with van der Waals surface area (Å²) in [6.45, 7) is 0. The van der Waals surface area contributed by atoms with Crippen molar-refractivity contribution in [1.82, 2.24) is 0 Å². The highest BCUT2D eigenvalue weighted by atomic mass is 16.5. The first-order chi connectivity index (χ1) is 19.1. The standard InChI is InChI=1S/C21H21NO2.C13H16O2/c1-24-20-11-10-14(12-17(20)15-6-2-3-7-15)13-18-16-8-4-5-9-19(16)22-21(18)23;1-15-13-7-6-10(9-14)8-12(13)11-4-2-3-5-11/h4-5,8-13,15H,2-3,6-7H2,1H3,(H,22,23);6-9,11H,2-5H2,1H3. The van der Waals surface area contributed by atoms with E-state index in [1.54, 1.807) is 14.2 Å². The molecule has 2 saturated carbocycles. The lowest BCUT2D eigenvalue weighted by Gasteiger charge is -2.15. The minimum absolute atomic E-state index is 0.0329. The third kappa shape index (κ3) is 5.93. The number of amides is 1. The summed E-state index contributed by atoms with van der Waals surface area (Å²) in [7, 11) is 3.42. The van der Waals surface area contributed by atoms with Crippen LogP contribution in [0.2, 0.25) is 0 Å². The highest BCUT2D eigenvalue weighted by molar-refractivity contribution is 6.34. The monoisotopic (exact) mass is 523 g/mol. The topological polar surface area (TPSA) is 64.6 Å². The highest BCUT2D eigenvalue weighted by Crippen LogP contribution is 2.41. The van der Waals surface area contributed by atoms with Crippen molar-refractivity contribution in [2.24, 2.45) is 0 Å². The Kier molecular flexibility index (Phi) is 8.45. The molecule has 3 aromatic rings. The normalized spacial score (nSPS) is 17.9. The van der Waals surface area contributed by atoms with Crippen LogP contribution in [0.15, 0.2) is 60.7 Å². The Bertz CT molecular complexity index is 1360. The van der Waals surface area contributed by atoms with E-state index in [4.69, 9.17) is 9.47 Å². The predicted molar refractivity (Wildman–Crippen MR) is 157 cm³/mol. The lowest BCUT2D eigenvalue weighted by molar-refractivity contribution is -0.110. The number of anilines is 1. The molecule has 2 aliphatic carbocycles. The SMILES string of the molecule is COc1ccc(C=C2C(=O)Nc3ccccc32)cc1C1CCCC1.COc1ccc(C=O)cc1C1CCCC1. The van der Waals surface area contributed by atoms with Gasteiger partial charge in [-0.2, -0.15) is 0 Å². The summed E-state index contributed by atoms with van der Waals surface area (Å²) in [6, 6.07) is 19.8. The van der Waals surface area contributed by atoms with E-state index >= 15 is 0 Å². The minimum atomic E-state index is -0.0329. The van der Waals surface area contributed by atoms with E-state index in [1.807, 2.05) is 60.7 Å². The van der Waals surface area contributed by atoms with Crippen molar-refractivity contribution < 1.29 is 19.1 Å². The lowest BCUT2D eigenvalue weighted by atomic mass is 9.94. The first-order valence-corrected chi connectivity index (χ1v) is 14.0. The third-order valence-corrected chi connectivity index (χ3v) is 8.25. The number of ether oxygens (including phenoxy) is 2. The number of para-hydroxylation sites is 1. The van der Waals surface area contributed by atoms with Crippen molar-refractivity contribution in [3.63, 3.8) is 0 Å². The summed E-state index contributed by atoms with van der Waals surface area (Å²) in [5, 5.41) is 2.93. The summed E-state index contributed by atoms with van der Waals surface area (Å²) < 4.78 is 10.9. The van der Waals surface area contributed by atoms with E-state index in [0.29, 0.717) is 11.8 Å². The molecule has 0 unspecified atom stereocenters. The third-order valence-electron chi connectivity index (χ3n) is 8.25. The van der Waals surface area contributed by atoms with Gasteiger partial charge < -0.3 is 14.8 Å². The lowest BCUT2D eigenvalue weighted by Crippen LogP contribution is -2.03. The molecule has 0 saturated heterocycles. The maximum absolute atomic E-state index is 12.3. The van der Waals surface area contributed by atoms with Crippen LogP contribution in [-0.2, 0) is 4.79 Å². The van der Waals surface area contributed by atoms with Crippen LogP contribution in [-0.4, -0.2) is 26.4 Å². The van der Waals surface area contributed by atoms with Gasteiger partial charge in [-0.1, -0.05) is 49.9 Å². The molecule has 1 heterocycles. The van der Waals surface area contributed by atoms with Gasteiger partial charge in [0, 0.05) is 22.4 Å². The summed E-state index contributed by atoms with van der Waals surface area (Å²) in [6.07, 6.45) is 12.9. The minimum Gasteiger partial charge on any atom is -0.496 e. The Morgan fingerprint density at radius 1 is 0.744 bits per heavy atom. The Labute approximate surface area is 231 Å². The second-order valence-corrected chi connectivity index (χ2v) is 10.6. The molecule has 5 heteroatoms. The number of carbonyl (C=O) groups excluding carboxylic acids is 2. The fourth-order valence-corrected chi connectivity index (χ4v) is 6.23. The first kappa shape index (κ1) is 26.7. The molecular formula is C34H37NO4. The van der Waals surface area contributed by atoms with Crippen LogP contribution in [0.25, 0.3) is 11.6 Å². The van der Waals surface area contributed by atoms with Crippen molar-refractivity contribution in [3.8, 4) is 11.5 Å². The zero-order valence-corrected chi connectivity index (χ0v) is 22.9. The van der Waals surface area contributed by atoms with Crippen LogP contribution >= 0.6 is 0 Å². The van der Waals surface area contributed by atoms with E-state index in [1.165, 1.54) is 62.5 Å². The van der Waals surface area contributed by atoms with Crippen molar-refractivity contribution >= 4 is 29.5 Å². The Morgan fingerprint density at radius 3 is 1.85 bits per heavy atom. The number of hydrogen-bond donors (Lipinski definition) is 1. The second-order valence-electron chi connectivity index (χ2n) is 10.6.